The topological polar surface area (TPSA) is 75.8 Å². The van der Waals surface area contributed by atoms with Gasteiger partial charge in [0.05, 0.1) is 0 Å². The summed E-state index contributed by atoms with van der Waals surface area (Å²) in [5.74, 6) is -0.441. The number of aromatic nitrogens is 1. The van der Waals surface area contributed by atoms with E-state index in [-0.39, 0.29) is 0 Å². The maximum absolute atomic E-state index is 11.1. The van der Waals surface area contributed by atoms with E-state index in [4.69, 9.17) is 14.3 Å². The van der Waals surface area contributed by atoms with Gasteiger partial charge in [-0.15, -0.1) is 0 Å². The van der Waals surface area contributed by atoms with Crippen molar-refractivity contribution in [1.29, 1.82) is 0 Å². The number of para-hydroxylation sites is 2. The summed E-state index contributed by atoms with van der Waals surface area (Å²) >= 11 is 0. The van der Waals surface area contributed by atoms with Crippen LogP contribution in [0, 0.1) is 0 Å². The van der Waals surface area contributed by atoms with E-state index in [1.807, 2.05) is 60.5 Å². The van der Waals surface area contributed by atoms with Crippen molar-refractivity contribution in [3.63, 3.8) is 0 Å². The van der Waals surface area contributed by atoms with E-state index in [0.29, 0.717) is 11.8 Å². The summed E-state index contributed by atoms with van der Waals surface area (Å²) in [6.45, 7) is 3.88. The number of benzene rings is 2. The molecule has 0 unspecified atom stereocenters. The monoisotopic (exact) mass is 368 g/mol. The van der Waals surface area contributed by atoms with Gasteiger partial charge in [0.15, 0.2) is 11.2 Å². The standard InChI is InChI=1S/C21H24N2O4/c1-21(2,19(24)25)27-16-12-10-15(11-13-16)7-6-14-23(3)20-22-17-8-4-5-9-18(17)26-20/h4-5,8-13H,6-7,14H2,1-3H3,(H,24,25). The maximum Gasteiger partial charge on any atom is 0.347 e. The number of carboxylic acid groups (broad SMARTS) is 1. The summed E-state index contributed by atoms with van der Waals surface area (Å²) in [6.07, 6.45) is 1.84. The Morgan fingerprint density at radius 2 is 1.89 bits per heavy atom. The number of fused-ring (bicyclic) bond motifs is 1. The number of aryl methyl sites for hydroxylation is 1. The number of hydrogen-bond donors (Lipinski definition) is 1. The fourth-order valence-electron chi connectivity index (χ4n) is 2.70. The minimum atomic E-state index is -1.25. The number of anilines is 1. The second-order valence-electron chi connectivity index (χ2n) is 7.05. The molecule has 3 rings (SSSR count). The third kappa shape index (κ3) is 4.58. The molecule has 2 aromatic carbocycles. The fourth-order valence-corrected chi connectivity index (χ4v) is 2.70. The Kier molecular flexibility index (Phi) is 5.35. The number of carboxylic acids is 1. The van der Waals surface area contributed by atoms with Crippen molar-refractivity contribution in [2.45, 2.75) is 32.3 Å². The van der Waals surface area contributed by atoms with Crippen LogP contribution in [0.1, 0.15) is 25.8 Å². The van der Waals surface area contributed by atoms with Crippen molar-refractivity contribution in [3.05, 3.63) is 54.1 Å². The van der Waals surface area contributed by atoms with Crippen LogP contribution in [0.25, 0.3) is 11.1 Å². The zero-order valence-corrected chi connectivity index (χ0v) is 15.8. The van der Waals surface area contributed by atoms with Gasteiger partial charge >= 0.3 is 5.97 Å². The first-order valence-corrected chi connectivity index (χ1v) is 8.93. The second-order valence-corrected chi connectivity index (χ2v) is 7.05. The molecule has 0 spiro atoms. The van der Waals surface area contributed by atoms with Crippen molar-refractivity contribution in [2.75, 3.05) is 18.5 Å². The van der Waals surface area contributed by atoms with Gasteiger partial charge in [-0.05, 0) is 56.5 Å². The van der Waals surface area contributed by atoms with Crippen molar-refractivity contribution in [3.8, 4) is 5.75 Å². The lowest BCUT2D eigenvalue weighted by molar-refractivity contribution is -0.152. The van der Waals surface area contributed by atoms with Crippen LogP contribution in [0.15, 0.2) is 52.9 Å². The molecule has 0 fully saturated rings. The highest BCUT2D eigenvalue weighted by Crippen LogP contribution is 2.22. The number of oxazole rings is 1. The second kappa shape index (κ2) is 7.70. The largest absolute Gasteiger partial charge is 0.478 e. The Hall–Kier alpha value is -3.02. The normalized spacial score (nSPS) is 11.5. The highest BCUT2D eigenvalue weighted by molar-refractivity contribution is 5.76. The molecule has 1 aromatic heterocycles. The van der Waals surface area contributed by atoms with Gasteiger partial charge in [0, 0.05) is 13.6 Å². The Balaban J connectivity index is 1.52. The summed E-state index contributed by atoms with van der Waals surface area (Å²) in [7, 11) is 1.97. The lowest BCUT2D eigenvalue weighted by Crippen LogP contribution is -2.37. The Morgan fingerprint density at radius 3 is 2.56 bits per heavy atom. The van der Waals surface area contributed by atoms with Crippen molar-refractivity contribution >= 4 is 23.1 Å². The van der Waals surface area contributed by atoms with E-state index < -0.39 is 11.6 Å². The van der Waals surface area contributed by atoms with Gasteiger partial charge in [-0.2, -0.15) is 4.98 Å². The van der Waals surface area contributed by atoms with E-state index in [0.717, 1.165) is 30.5 Å². The quantitative estimate of drug-likeness (QED) is 0.644. The third-order valence-electron chi connectivity index (χ3n) is 4.38. The van der Waals surface area contributed by atoms with Crippen LogP contribution in [-0.4, -0.2) is 35.3 Å². The van der Waals surface area contributed by atoms with Gasteiger partial charge in [-0.3, -0.25) is 0 Å². The van der Waals surface area contributed by atoms with Crippen LogP contribution >= 0.6 is 0 Å². The van der Waals surface area contributed by atoms with E-state index in [9.17, 15) is 4.79 Å². The average Bonchev–Trinajstić information content (AvgIpc) is 3.07. The maximum atomic E-state index is 11.1. The van der Waals surface area contributed by atoms with Crippen LogP contribution in [0.3, 0.4) is 0 Å². The first kappa shape index (κ1) is 18.8. The van der Waals surface area contributed by atoms with Gasteiger partial charge in [-0.1, -0.05) is 24.3 Å². The molecule has 0 bridgehead atoms. The Bertz CT molecular complexity index is 882. The molecule has 1 N–H and O–H groups in total. The lowest BCUT2D eigenvalue weighted by Gasteiger charge is -2.21. The molecule has 27 heavy (non-hydrogen) atoms. The lowest BCUT2D eigenvalue weighted by atomic mass is 10.1. The van der Waals surface area contributed by atoms with E-state index in [1.54, 1.807) is 0 Å². The zero-order chi connectivity index (χ0) is 19.4. The van der Waals surface area contributed by atoms with Crippen LogP contribution in [0.5, 0.6) is 5.75 Å². The van der Waals surface area contributed by atoms with Gasteiger partial charge in [0.25, 0.3) is 6.01 Å². The molecule has 0 saturated heterocycles. The van der Waals surface area contributed by atoms with E-state index in [2.05, 4.69) is 4.98 Å². The highest BCUT2D eigenvalue weighted by Gasteiger charge is 2.29. The molecule has 142 valence electrons. The van der Waals surface area contributed by atoms with Crippen molar-refractivity contribution in [1.82, 2.24) is 4.98 Å². The SMILES string of the molecule is CN(CCCc1ccc(OC(C)(C)C(=O)O)cc1)c1nc2ccccc2o1. The zero-order valence-electron chi connectivity index (χ0n) is 15.8. The smallest absolute Gasteiger partial charge is 0.347 e. The van der Waals surface area contributed by atoms with Crippen LogP contribution in [-0.2, 0) is 11.2 Å². The molecule has 0 aliphatic heterocycles. The van der Waals surface area contributed by atoms with Crippen LogP contribution in [0.2, 0.25) is 0 Å². The summed E-state index contributed by atoms with van der Waals surface area (Å²) in [5, 5.41) is 9.12. The minimum absolute atomic E-state index is 0.551. The predicted octanol–water partition coefficient (Wildman–Crippen LogP) is 4.14. The van der Waals surface area contributed by atoms with Crippen molar-refractivity contribution in [2.24, 2.45) is 0 Å². The van der Waals surface area contributed by atoms with E-state index >= 15 is 0 Å². The molecule has 0 saturated carbocycles. The molecular weight excluding hydrogens is 344 g/mol. The first-order valence-electron chi connectivity index (χ1n) is 8.93. The van der Waals surface area contributed by atoms with Gasteiger partial charge < -0.3 is 19.2 Å². The highest BCUT2D eigenvalue weighted by atomic mass is 16.5. The summed E-state index contributed by atoms with van der Waals surface area (Å²) in [4.78, 5) is 17.6. The van der Waals surface area contributed by atoms with Crippen LogP contribution in [0.4, 0.5) is 6.01 Å². The first-order chi connectivity index (χ1) is 12.8. The summed E-state index contributed by atoms with van der Waals surface area (Å²) in [6, 6.07) is 15.9. The molecule has 6 nitrogen and oxygen atoms in total. The predicted molar refractivity (Wildman–Crippen MR) is 104 cm³/mol. The summed E-state index contributed by atoms with van der Waals surface area (Å²) < 4.78 is 11.3. The molecule has 6 heteroatoms. The molecule has 1 heterocycles. The third-order valence-corrected chi connectivity index (χ3v) is 4.38. The van der Waals surface area contributed by atoms with E-state index in [1.165, 1.54) is 19.4 Å². The van der Waals surface area contributed by atoms with Gasteiger partial charge in [0.2, 0.25) is 0 Å². The van der Waals surface area contributed by atoms with Crippen LogP contribution < -0.4 is 9.64 Å². The van der Waals surface area contributed by atoms with Gasteiger partial charge in [0.1, 0.15) is 11.3 Å². The number of ether oxygens (including phenoxy) is 1. The molecule has 0 radical (unpaired) electrons. The number of aliphatic carboxylic acids is 1. The Morgan fingerprint density at radius 1 is 1.19 bits per heavy atom. The molecule has 0 aliphatic carbocycles. The molecule has 0 amide bonds. The number of rotatable bonds is 8. The molecule has 0 atom stereocenters. The average molecular weight is 368 g/mol. The molecule has 0 aliphatic rings. The Labute approximate surface area is 158 Å². The minimum Gasteiger partial charge on any atom is -0.478 e. The molecular formula is C21H24N2O4. The van der Waals surface area contributed by atoms with Gasteiger partial charge in [-0.25, -0.2) is 4.79 Å². The number of hydrogen-bond acceptors (Lipinski definition) is 5. The van der Waals surface area contributed by atoms with Crippen molar-refractivity contribution < 1.29 is 19.1 Å². The number of nitrogens with zero attached hydrogens (tertiary/aromatic N) is 2. The molecule has 3 aromatic rings. The number of carbonyl (C=O) groups is 1. The summed E-state index contributed by atoms with van der Waals surface area (Å²) in [5.41, 5.74) is 1.57. The fraction of sp³-hybridized carbons (Fsp3) is 0.333.